The van der Waals surface area contributed by atoms with Crippen LogP contribution in [-0.2, 0) is 9.47 Å². The van der Waals surface area contributed by atoms with Gasteiger partial charge in [-0.1, -0.05) is 0 Å². The Balaban J connectivity index is 1.59. The average Bonchev–Trinajstić information content (AvgIpc) is 3.29. The van der Waals surface area contributed by atoms with Crippen LogP contribution in [-0.4, -0.2) is 65.5 Å². The van der Waals surface area contributed by atoms with Crippen molar-refractivity contribution >= 4 is 66.6 Å². The number of aliphatic hydroxyl groups is 1. The summed E-state index contributed by atoms with van der Waals surface area (Å²) in [6, 6.07) is 5.25. The lowest BCUT2D eigenvalue weighted by Crippen LogP contribution is -2.53. The first kappa shape index (κ1) is 30.8. The summed E-state index contributed by atoms with van der Waals surface area (Å²) in [5.74, 6) is -4.22. The second kappa shape index (κ2) is 13.2. The molecular weight excluding hydrogens is 625 g/mol. The molecule has 4 rings (SSSR count). The van der Waals surface area contributed by atoms with Crippen LogP contribution in [0.3, 0.4) is 0 Å². The quantitative estimate of drug-likeness (QED) is 0.113. The monoisotopic (exact) mass is 652 g/mol. The van der Waals surface area contributed by atoms with Crippen molar-refractivity contribution in [1.29, 1.82) is 10.8 Å². The zero-order valence-corrected chi connectivity index (χ0v) is 24.7. The minimum Gasteiger partial charge on any atom is -0.388 e. The van der Waals surface area contributed by atoms with Gasteiger partial charge in [0.25, 0.3) is 0 Å². The van der Waals surface area contributed by atoms with Crippen molar-refractivity contribution in [3.63, 3.8) is 0 Å². The number of allylic oxidation sites excluding steroid dienone is 1. The molecule has 4 atom stereocenters. The standard InChI is InChI=1S/C27H28BrF3N6O3S/c1-12-22(11-39-12)40-26(21(38)10-34-9-16(8-32)15-4-19(29)24(31)20(30)5-15)27(35-13(2)33)37-17-6-18(28)25-23(7-17)41-14(3)36-25/h4-9,12,21-22,26,32,34,38H,10-11H2,1-3H3,(H2,33,35,37)/b16-9+,32-8?/t12?,21-,22?,26?/m0/s1. The molecule has 5 N–H and O–H groups in total. The first-order chi connectivity index (χ1) is 19.5. The Labute approximate surface area is 246 Å². The summed E-state index contributed by atoms with van der Waals surface area (Å²) < 4.78 is 54.1. The maximum atomic E-state index is 13.7. The number of fused-ring (bicyclic) bond motifs is 1. The number of aliphatic imine (C=N–C) groups is 1. The van der Waals surface area contributed by atoms with Crippen LogP contribution in [0.2, 0.25) is 0 Å². The van der Waals surface area contributed by atoms with Gasteiger partial charge in [0.05, 0.1) is 27.9 Å². The number of aromatic nitrogens is 1. The van der Waals surface area contributed by atoms with Crippen molar-refractivity contribution in [3.05, 3.63) is 63.0 Å². The summed E-state index contributed by atoms with van der Waals surface area (Å²) in [4.78, 5) is 8.83. The summed E-state index contributed by atoms with van der Waals surface area (Å²) in [5.41, 5.74) is 1.43. The van der Waals surface area contributed by atoms with Crippen LogP contribution >= 0.6 is 27.3 Å². The molecule has 14 heteroatoms. The molecule has 9 nitrogen and oxygen atoms in total. The zero-order valence-electron chi connectivity index (χ0n) is 22.3. The highest BCUT2D eigenvalue weighted by Crippen LogP contribution is 2.32. The fraction of sp³-hybridized carbons (Fsp3) is 0.333. The zero-order chi connectivity index (χ0) is 29.8. The molecule has 3 aromatic rings. The number of amidine groups is 2. The number of anilines is 1. The first-order valence-corrected chi connectivity index (χ1v) is 14.1. The van der Waals surface area contributed by atoms with Gasteiger partial charge in [-0.3, -0.25) is 5.41 Å². The van der Waals surface area contributed by atoms with Crippen molar-refractivity contribution in [2.75, 3.05) is 18.5 Å². The maximum absolute atomic E-state index is 13.7. The predicted molar refractivity (Wildman–Crippen MR) is 158 cm³/mol. The molecule has 2 aromatic carbocycles. The number of nitrogens with one attached hydrogen (secondary N) is 4. The molecule has 2 heterocycles. The number of hydrogen-bond donors (Lipinski definition) is 5. The maximum Gasteiger partial charge on any atom is 0.194 e. The molecule has 1 saturated heterocycles. The van der Waals surface area contributed by atoms with Crippen molar-refractivity contribution in [3.8, 4) is 0 Å². The molecule has 0 saturated carbocycles. The fourth-order valence-corrected chi connectivity index (χ4v) is 5.61. The lowest BCUT2D eigenvalue weighted by atomic mass is 10.1. The number of thiazole rings is 1. The van der Waals surface area contributed by atoms with Crippen LogP contribution in [0.25, 0.3) is 15.8 Å². The van der Waals surface area contributed by atoms with E-state index < -0.39 is 29.7 Å². The van der Waals surface area contributed by atoms with E-state index in [4.69, 9.17) is 20.3 Å². The number of benzene rings is 2. The van der Waals surface area contributed by atoms with E-state index in [0.29, 0.717) is 12.3 Å². The molecule has 1 fully saturated rings. The van der Waals surface area contributed by atoms with Crippen LogP contribution in [0.4, 0.5) is 18.9 Å². The third kappa shape index (κ3) is 7.38. The number of aryl methyl sites for hydroxylation is 1. The summed E-state index contributed by atoms with van der Waals surface area (Å²) in [6.07, 6.45) is -0.736. The molecule has 1 aliphatic heterocycles. The van der Waals surface area contributed by atoms with Crippen molar-refractivity contribution < 1.29 is 27.8 Å². The first-order valence-electron chi connectivity index (χ1n) is 12.5. The predicted octanol–water partition coefficient (Wildman–Crippen LogP) is 5.41. The highest BCUT2D eigenvalue weighted by atomic mass is 79.9. The molecule has 41 heavy (non-hydrogen) atoms. The third-order valence-corrected chi connectivity index (χ3v) is 7.68. The van der Waals surface area contributed by atoms with Gasteiger partial charge in [-0.05, 0) is 66.5 Å². The van der Waals surface area contributed by atoms with Gasteiger partial charge in [0.15, 0.2) is 17.5 Å². The Hall–Kier alpha value is -3.17. The molecule has 0 amide bonds. The normalized spacial score (nSPS) is 19.0. The smallest absolute Gasteiger partial charge is 0.194 e. The molecule has 1 aromatic heterocycles. The SMILES string of the molecule is CC(=N)/N=C(\Nc1cc(Br)c2nc(C)sc2c1)C(OC1COC1C)[C@@H](O)CN/C=C(\C=N)c1cc(F)c(F)c(F)c1. The van der Waals surface area contributed by atoms with E-state index in [1.807, 2.05) is 26.0 Å². The average molecular weight is 654 g/mol. The molecular formula is C27H28BrF3N6O3S. The minimum absolute atomic E-state index is 0.0284. The summed E-state index contributed by atoms with van der Waals surface area (Å²) >= 11 is 5.06. The van der Waals surface area contributed by atoms with Gasteiger partial charge in [-0.15, -0.1) is 11.3 Å². The second-order valence-electron chi connectivity index (χ2n) is 9.35. The molecule has 0 bridgehead atoms. The minimum atomic E-state index is -1.60. The molecule has 218 valence electrons. The van der Waals surface area contributed by atoms with Gasteiger partial charge in [0.2, 0.25) is 0 Å². The van der Waals surface area contributed by atoms with E-state index in [1.54, 1.807) is 0 Å². The lowest BCUT2D eigenvalue weighted by molar-refractivity contribution is -0.199. The largest absolute Gasteiger partial charge is 0.388 e. The highest BCUT2D eigenvalue weighted by molar-refractivity contribution is 9.10. The van der Waals surface area contributed by atoms with Gasteiger partial charge < -0.3 is 30.6 Å². The molecule has 1 aliphatic rings. The molecule has 0 aliphatic carbocycles. The second-order valence-corrected chi connectivity index (χ2v) is 11.4. The number of ether oxygens (including phenoxy) is 2. The fourth-order valence-electron chi connectivity index (χ4n) is 4.03. The number of halogens is 4. The van der Waals surface area contributed by atoms with Crippen LogP contribution in [0.1, 0.15) is 24.4 Å². The molecule has 0 radical (unpaired) electrons. The van der Waals surface area contributed by atoms with Gasteiger partial charge >= 0.3 is 0 Å². The Morgan fingerprint density at radius 3 is 2.61 bits per heavy atom. The van der Waals surface area contributed by atoms with E-state index >= 15 is 0 Å². The Bertz CT molecular complexity index is 1510. The van der Waals surface area contributed by atoms with E-state index in [0.717, 1.165) is 38.0 Å². The number of hydrogen-bond acceptors (Lipinski definition) is 8. The Morgan fingerprint density at radius 1 is 1.32 bits per heavy atom. The Kier molecular flexibility index (Phi) is 9.92. The van der Waals surface area contributed by atoms with Crippen LogP contribution in [0, 0.1) is 35.2 Å². The lowest BCUT2D eigenvalue weighted by Gasteiger charge is -2.38. The van der Waals surface area contributed by atoms with E-state index in [-0.39, 0.29) is 41.6 Å². The molecule has 3 unspecified atom stereocenters. The van der Waals surface area contributed by atoms with E-state index in [1.165, 1.54) is 24.5 Å². The van der Waals surface area contributed by atoms with Crippen molar-refractivity contribution in [2.45, 2.75) is 45.2 Å². The summed E-state index contributed by atoms with van der Waals surface area (Å²) in [6.45, 7) is 5.41. The number of rotatable bonds is 10. The number of aliphatic hydroxyl groups excluding tert-OH is 1. The summed E-state index contributed by atoms with van der Waals surface area (Å²) in [7, 11) is 0. The third-order valence-electron chi connectivity index (χ3n) is 6.16. The van der Waals surface area contributed by atoms with Crippen LogP contribution in [0.15, 0.2) is 39.9 Å². The van der Waals surface area contributed by atoms with Crippen molar-refractivity contribution in [2.24, 2.45) is 4.99 Å². The van der Waals surface area contributed by atoms with Crippen LogP contribution < -0.4 is 10.6 Å². The highest BCUT2D eigenvalue weighted by Gasteiger charge is 2.36. The topological polar surface area (TPSA) is 136 Å². The molecule has 0 spiro atoms. The Morgan fingerprint density at radius 2 is 2.02 bits per heavy atom. The van der Waals surface area contributed by atoms with Gasteiger partial charge in [0.1, 0.15) is 30.0 Å². The van der Waals surface area contributed by atoms with Crippen molar-refractivity contribution in [1.82, 2.24) is 10.3 Å². The summed E-state index contributed by atoms with van der Waals surface area (Å²) in [5, 5.41) is 33.8. The van der Waals surface area contributed by atoms with E-state index in [2.05, 4.69) is 36.5 Å². The number of nitrogens with zero attached hydrogens (tertiary/aromatic N) is 2. The van der Waals surface area contributed by atoms with Crippen LogP contribution in [0.5, 0.6) is 0 Å². The van der Waals surface area contributed by atoms with Gasteiger partial charge in [-0.25, -0.2) is 23.1 Å². The van der Waals surface area contributed by atoms with Gasteiger partial charge in [0, 0.05) is 34.7 Å². The van der Waals surface area contributed by atoms with Gasteiger partial charge in [-0.2, -0.15) is 0 Å². The van der Waals surface area contributed by atoms with E-state index in [9.17, 15) is 18.3 Å².